The van der Waals surface area contributed by atoms with Crippen molar-refractivity contribution in [2.45, 2.75) is 18.9 Å². The van der Waals surface area contributed by atoms with Gasteiger partial charge in [-0.25, -0.2) is 4.39 Å². The molecule has 0 saturated carbocycles. The Balaban J connectivity index is 1.73. The Bertz CT molecular complexity index is 585. The fourth-order valence-corrected chi connectivity index (χ4v) is 2.29. The Kier molecular flexibility index (Phi) is 2.98. The first-order chi connectivity index (χ1) is 9.24. The Morgan fingerprint density at radius 3 is 3.00 bits per heavy atom. The molecule has 0 aliphatic carbocycles. The van der Waals surface area contributed by atoms with Gasteiger partial charge in [0.25, 0.3) is 0 Å². The van der Waals surface area contributed by atoms with Crippen molar-refractivity contribution < 1.29 is 13.7 Å². The van der Waals surface area contributed by atoms with Gasteiger partial charge in [0.2, 0.25) is 12.3 Å². The summed E-state index contributed by atoms with van der Waals surface area (Å²) >= 11 is 0. The number of aromatic nitrogens is 2. The van der Waals surface area contributed by atoms with E-state index in [1.165, 1.54) is 12.5 Å². The minimum atomic E-state index is -0.293. The molecule has 3 rings (SSSR count). The summed E-state index contributed by atoms with van der Waals surface area (Å²) in [5.41, 5.74) is 0.518. The van der Waals surface area contributed by atoms with Crippen LogP contribution >= 0.6 is 0 Å². The minimum absolute atomic E-state index is 0.0157. The third-order valence-corrected chi connectivity index (χ3v) is 3.28. The molecule has 0 radical (unpaired) electrons. The van der Waals surface area contributed by atoms with Crippen LogP contribution < -0.4 is 0 Å². The van der Waals surface area contributed by atoms with Gasteiger partial charge >= 0.3 is 0 Å². The lowest BCUT2D eigenvalue weighted by Gasteiger charge is -2.16. The molecule has 1 aromatic carbocycles. The number of amides is 1. The van der Waals surface area contributed by atoms with Gasteiger partial charge in [-0.1, -0.05) is 23.4 Å². The van der Waals surface area contributed by atoms with Crippen molar-refractivity contribution >= 4 is 5.91 Å². The topological polar surface area (TPSA) is 59.2 Å². The lowest BCUT2D eigenvalue weighted by atomic mass is 10.1. The molecule has 1 saturated heterocycles. The maximum absolute atomic E-state index is 13.6. The highest BCUT2D eigenvalue weighted by atomic mass is 19.1. The first kappa shape index (κ1) is 11.8. The van der Waals surface area contributed by atoms with E-state index < -0.39 is 0 Å². The van der Waals surface area contributed by atoms with Crippen LogP contribution in [0.4, 0.5) is 4.39 Å². The van der Waals surface area contributed by atoms with E-state index in [9.17, 15) is 9.18 Å². The van der Waals surface area contributed by atoms with E-state index in [1.807, 2.05) is 0 Å². The number of likely N-dealkylation sites (tertiary alicyclic amines) is 1. The van der Waals surface area contributed by atoms with Crippen molar-refractivity contribution in [1.82, 2.24) is 15.0 Å². The van der Waals surface area contributed by atoms with Gasteiger partial charge in [0.05, 0.1) is 0 Å². The normalized spacial score (nSPS) is 19.1. The SMILES string of the molecule is O=C1CC(c2ncon2)CN1Cc1ccccc1F. The second-order valence-electron chi connectivity index (χ2n) is 4.56. The van der Waals surface area contributed by atoms with Gasteiger partial charge in [-0.05, 0) is 6.07 Å². The van der Waals surface area contributed by atoms with Gasteiger partial charge in [0.1, 0.15) is 5.82 Å². The fourth-order valence-electron chi connectivity index (χ4n) is 2.29. The van der Waals surface area contributed by atoms with Crippen LogP contribution in [0.1, 0.15) is 23.7 Å². The largest absolute Gasteiger partial charge is 0.343 e. The molecule has 0 spiro atoms. The summed E-state index contributed by atoms with van der Waals surface area (Å²) in [6, 6.07) is 6.47. The summed E-state index contributed by atoms with van der Waals surface area (Å²) < 4.78 is 18.2. The molecule has 1 aliphatic heterocycles. The molecule has 98 valence electrons. The van der Waals surface area contributed by atoms with Crippen molar-refractivity contribution in [3.8, 4) is 0 Å². The number of hydrogen-bond acceptors (Lipinski definition) is 4. The highest BCUT2D eigenvalue weighted by molar-refractivity contribution is 5.79. The summed E-state index contributed by atoms with van der Waals surface area (Å²) in [6.45, 7) is 0.770. The molecule has 5 nitrogen and oxygen atoms in total. The zero-order chi connectivity index (χ0) is 13.2. The molecule has 1 amide bonds. The average molecular weight is 261 g/mol. The second-order valence-corrected chi connectivity index (χ2v) is 4.56. The van der Waals surface area contributed by atoms with Gasteiger partial charge in [0, 0.05) is 31.0 Å². The zero-order valence-corrected chi connectivity index (χ0v) is 10.1. The zero-order valence-electron chi connectivity index (χ0n) is 10.1. The van der Waals surface area contributed by atoms with Crippen molar-refractivity contribution in [3.05, 3.63) is 47.9 Å². The molecular formula is C13H12FN3O2. The van der Waals surface area contributed by atoms with E-state index in [0.717, 1.165) is 0 Å². The molecule has 0 bridgehead atoms. The molecule has 2 aromatic rings. The molecule has 19 heavy (non-hydrogen) atoms. The fraction of sp³-hybridized carbons (Fsp3) is 0.308. The minimum Gasteiger partial charge on any atom is -0.343 e. The van der Waals surface area contributed by atoms with E-state index in [-0.39, 0.29) is 24.2 Å². The van der Waals surface area contributed by atoms with Crippen molar-refractivity contribution in [1.29, 1.82) is 0 Å². The quantitative estimate of drug-likeness (QED) is 0.844. The van der Waals surface area contributed by atoms with Gasteiger partial charge in [0.15, 0.2) is 5.82 Å². The number of carbonyl (C=O) groups is 1. The third-order valence-electron chi connectivity index (χ3n) is 3.28. The molecule has 2 heterocycles. The standard InChI is InChI=1S/C13H12FN3O2/c14-11-4-2-1-3-9(11)6-17-7-10(5-12(17)18)13-15-8-19-16-13/h1-4,8,10H,5-7H2. The van der Waals surface area contributed by atoms with Crippen LogP contribution in [0.3, 0.4) is 0 Å². The Labute approximate surface area is 109 Å². The second kappa shape index (κ2) is 4.79. The highest BCUT2D eigenvalue weighted by Crippen LogP contribution is 2.27. The van der Waals surface area contributed by atoms with Crippen LogP contribution in [0.2, 0.25) is 0 Å². The molecular weight excluding hydrogens is 249 g/mol. The summed E-state index contributed by atoms with van der Waals surface area (Å²) in [5.74, 6) is 0.152. The van der Waals surface area contributed by atoms with E-state index >= 15 is 0 Å². The Morgan fingerprint density at radius 2 is 2.26 bits per heavy atom. The summed E-state index contributed by atoms with van der Waals surface area (Å²) in [5, 5.41) is 3.75. The Morgan fingerprint density at radius 1 is 1.42 bits per heavy atom. The van der Waals surface area contributed by atoms with E-state index in [2.05, 4.69) is 14.7 Å². The van der Waals surface area contributed by atoms with Gasteiger partial charge in [-0.15, -0.1) is 0 Å². The summed E-state index contributed by atoms with van der Waals surface area (Å²) in [4.78, 5) is 17.5. The monoisotopic (exact) mass is 261 g/mol. The average Bonchev–Trinajstić information content (AvgIpc) is 3.02. The predicted octanol–water partition coefficient (Wildman–Crippen LogP) is 1.72. The predicted molar refractivity (Wildman–Crippen MR) is 63.5 cm³/mol. The van der Waals surface area contributed by atoms with Crippen molar-refractivity contribution in [2.24, 2.45) is 0 Å². The first-order valence-corrected chi connectivity index (χ1v) is 6.01. The van der Waals surface area contributed by atoms with Crippen LogP contribution in [0.5, 0.6) is 0 Å². The van der Waals surface area contributed by atoms with Crippen LogP contribution in [0.25, 0.3) is 0 Å². The summed E-state index contributed by atoms with van der Waals surface area (Å²) in [6.07, 6.45) is 1.59. The van der Waals surface area contributed by atoms with Gasteiger partial charge < -0.3 is 9.42 Å². The van der Waals surface area contributed by atoms with E-state index in [0.29, 0.717) is 24.4 Å². The molecule has 1 aromatic heterocycles. The number of halogens is 1. The number of rotatable bonds is 3. The number of hydrogen-bond donors (Lipinski definition) is 0. The molecule has 0 N–H and O–H groups in total. The molecule has 1 fully saturated rings. The number of benzene rings is 1. The molecule has 6 heteroatoms. The van der Waals surface area contributed by atoms with Crippen LogP contribution in [0, 0.1) is 5.82 Å². The lowest BCUT2D eigenvalue weighted by molar-refractivity contribution is -0.128. The highest BCUT2D eigenvalue weighted by Gasteiger charge is 2.33. The van der Waals surface area contributed by atoms with Crippen LogP contribution in [0.15, 0.2) is 35.2 Å². The van der Waals surface area contributed by atoms with Crippen molar-refractivity contribution in [2.75, 3.05) is 6.54 Å². The third kappa shape index (κ3) is 2.33. The van der Waals surface area contributed by atoms with Crippen LogP contribution in [-0.2, 0) is 11.3 Å². The maximum atomic E-state index is 13.6. The van der Waals surface area contributed by atoms with Gasteiger partial charge in [-0.2, -0.15) is 4.98 Å². The van der Waals surface area contributed by atoms with Crippen LogP contribution in [-0.4, -0.2) is 27.5 Å². The van der Waals surface area contributed by atoms with Gasteiger partial charge in [-0.3, -0.25) is 4.79 Å². The maximum Gasteiger partial charge on any atom is 0.223 e. The smallest absolute Gasteiger partial charge is 0.223 e. The first-order valence-electron chi connectivity index (χ1n) is 6.01. The lowest BCUT2D eigenvalue weighted by Crippen LogP contribution is -2.25. The molecule has 1 atom stereocenters. The van der Waals surface area contributed by atoms with E-state index in [1.54, 1.807) is 23.1 Å². The Hall–Kier alpha value is -2.24. The van der Waals surface area contributed by atoms with Crippen molar-refractivity contribution in [3.63, 3.8) is 0 Å². The molecule has 1 unspecified atom stereocenters. The number of nitrogens with zero attached hydrogens (tertiary/aromatic N) is 3. The number of carbonyl (C=O) groups excluding carboxylic acids is 1. The summed E-state index contributed by atoms with van der Waals surface area (Å²) in [7, 11) is 0. The van der Waals surface area contributed by atoms with E-state index in [4.69, 9.17) is 0 Å². The molecule has 1 aliphatic rings.